The summed E-state index contributed by atoms with van der Waals surface area (Å²) in [7, 11) is 0. The highest BCUT2D eigenvalue weighted by atomic mass is 16.4. The minimum Gasteiger partial charge on any atom is -0.480 e. The second-order valence-corrected chi connectivity index (χ2v) is 7.07. The number of nitrogens with one attached hydrogen (secondary N) is 2. The van der Waals surface area contributed by atoms with Gasteiger partial charge in [0.15, 0.2) is 0 Å². The molecule has 2 unspecified atom stereocenters. The Morgan fingerprint density at radius 2 is 1.68 bits per heavy atom. The smallest absolute Gasteiger partial charge is 0.326 e. The molecule has 2 rings (SSSR count). The Kier molecular flexibility index (Phi) is 7.66. The third-order valence-corrected chi connectivity index (χ3v) is 5.19. The summed E-state index contributed by atoms with van der Waals surface area (Å²) in [6.45, 7) is 8.52. The first-order valence-electron chi connectivity index (χ1n) is 9.78. The third-order valence-electron chi connectivity index (χ3n) is 5.19. The molecule has 0 saturated carbocycles. The number of carbonyl (C=O) groups excluding carboxylic acids is 2. The zero-order valence-corrected chi connectivity index (χ0v) is 16.8. The molecule has 3 amide bonds. The van der Waals surface area contributed by atoms with Gasteiger partial charge in [-0.1, -0.05) is 27.2 Å². The Balaban J connectivity index is 1.90. The second kappa shape index (κ2) is 9.96. The number of aliphatic carboxylic acids is 1. The number of anilines is 2. The van der Waals surface area contributed by atoms with E-state index in [9.17, 15) is 19.5 Å². The van der Waals surface area contributed by atoms with Gasteiger partial charge < -0.3 is 25.5 Å². The Hall–Kier alpha value is -2.77. The first-order valence-corrected chi connectivity index (χ1v) is 9.78. The monoisotopic (exact) mass is 390 g/mol. The molecule has 1 aliphatic rings. The van der Waals surface area contributed by atoms with Gasteiger partial charge in [0.25, 0.3) is 0 Å². The van der Waals surface area contributed by atoms with Crippen LogP contribution in [-0.4, -0.2) is 60.1 Å². The van der Waals surface area contributed by atoms with E-state index in [1.807, 2.05) is 30.9 Å². The molecule has 154 valence electrons. The molecule has 0 aliphatic carbocycles. The van der Waals surface area contributed by atoms with Gasteiger partial charge in [-0.2, -0.15) is 0 Å². The molecular formula is C20H30N4O4. The minimum absolute atomic E-state index is 0.163. The van der Waals surface area contributed by atoms with E-state index in [2.05, 4.69) is 15.5 Å². The maximum Gasteiger partial charge on any atom is 0.326 e. The lowest BCUT2D eigenvalue weighted by Gasteiger charge is -2.36. The average molecular weight is 390 g/mol. The molecule has 1 heterocycles. The maximum absolute atomic E-state index is 12.1. The standard InChI is InChI=1S/C20H30N4O4/c1-4-14(3)18(19(26)27)22-20(28)21-15-6-8-16(9-7-15)23-10-12-24(13-11-23)17(25)5-2/h6-9,14,18H,4-5,10-13H2,1-3H3,(H,26,27)(H2,21,22,28). The molecule has 28 heavy (non-hydrogen) atoms. The van der Waals surface area contributed by atoms with E-state index >= 15 is 0 Å². The summed E-state index contributed by atoms with van der Waals surface area (Å²) in [6.07, 6.45) is 1.19. The van der Waals surface area contributed by atoms with Gasteiger partial charge in [0, 0.05) is 44.0 Å². The molecule has 0 spiro atoms. The summed E-state index contributed by atoms with van der Waals surface area (Å²) >= 11 is 0. The van der Waals surface area contributed by atoms with Crippen LogP contribution in [0.1, 0.15) is 33.6 Å². The van der Waals surface area contributed by atoms with Crippen molar-refractivity contribution in [2.75, 3.05) is 36.4 Å². The van der Waals surface area contributed by atoms with Crippen LogP contribution in [0.3, 0.4) is 0 Å². The van der Waals surface area contributed by atoms with E-state index in [1.165, 1.54) is 0 Å². The van der Waals surface area contributed by atoms with Gasteiger partial charge in [-0.3, -0.25) is 4.79 Å². The van der Waals surface area contributed by atoms with Crippen LogP contribution in [-0.2, 0) is 9.59 Å². The highest BCUT2D eigenvalue weighted by molar-refractivity contribution is 5.92. The average Bonchev–Trinajstić information content (AvgIpc) is 2.71. The Bertz CT molecular complexity index is 684. The molecule has 3 N–H and O–H groups in total. The van der Waals surface area contributed by atoms with Gasteiger partial charge in [-0.05, 0) is 30.2 Å². The van der Waals surface area contributed by atoms with Gasteiger partial charge in [0.1, 0.15) is 6.04 Å². The van der Waals surface area contributed by atoms with E-state index < -0.39 is 18.0 Å². The number of urea groups is 1. The van der Waals surface area contributed by atoms with Crippen molar-refractivity contribution in [1.29, 1.82) is 0 Å². The Labute approximate surface area is 165 Å². The quantitative estimate of drug-likeness (QED) is 0.663. The Morgan fingerprint density at radius 3 is 2.18 bits per heavy atom. The molecule has 8 heteroatoms. The number of carboxylic acid groups (broad SMARTS) is 1. The van der Waals surface area contributed by atoms with Crippen molar-refractivity contribution >= 4 is 29.3 Å². The fraction of sp³-hybridized carbons (Fsp3) is 0.550. The molecule has 1 aromatic rings. The SMILES string of the molecule is CCC(=O)N1CCN(c2ccc(NC(=O)NC(C(=O)O)C(C)CC)cc2)CC1. The molecule has 1 saturated heterocycles. The fourth-order valence-electron chi connectivity index (χ4n) is 3.18. The van der Waals surface area contributed by atoms with E-state index in [4.69, 9.17) is 0 Å². The first-order chi connectivity index (χ1) is 13.3. The summed E-state index contributed by atoms with van der Waals surface area (Å²) in [5, 5.41) is 14.5. The predicted octanol–water partition coefficient (Wildman–Crippen LogP) is 2.37. The number of carbonyl (C=O) groups is 3. The van der Waals surface area contributed by atoms with Crippen molar-refractivity contribution in [1.82, 2.24) is 10.2 Å². The number of benzene rings is 1. The number of amides is 3. The lowest BCUT2D eigenvalue weighted by molar-refractivity contribution is -0.140. The fourth-order valence-corrected chi connectivity index (χ4v) is 3.18. The van der Waals surface area contributed by atoms with Crippen LogP contribution >= 0.6 is 0 Å². The third kappa shape index (κ3) is 5.61. The van der Waals surface area contributed by atoms with Crippen LogP contribution in [0.5, 0.6) is 0 Å². The molecule has 1 aromatic carbocycles. The molecular weight excluding hydrogens is 360 g/mol. The number of nitrogens with zero attached hydrogens (tertiary/aromatic N) is 2. The van der Waals surface area contributed by atoms with Crippen LogP contribution in [0, 0.1) is 5.92 Å². The van der Waals surface area contributed by atoms with Crippen molar-refractivity contribution in [3.8, 4) is 0 Å². The summed E-state index contributed by atoms with van der Waals surface area (Å²) in [5.74, 6) is -1.02. The Morgan fingerprint density at radius 1 is 1.07 bits per heavy atom. The highest BCUT2D eigenvalue weighted by Gasteiger charge is 2.25. The van der Waals surface area contributed by atoms with Crippen LogP contribution in [0.2, 0.25) is 0 Å². The van der Waals surface area contributed by atoms with Gasteiger partial charge >= 0.3 is 12.0 Å². The molecule has 8 nitrogen and oxygen atoms in total. The van der Waals surface area contributed by atoms with E-state index in [1.54, 1.807) is 19.1 Å². The van der Waals surface area contributed by atoms with Gasteiger partial charge in [0.2, 0.25) is 5.91 Å². The number of carboxylic acids is 1. The molecule has 0 aromatic heterocycles. The molecule has 0 radical (unpaired) electrons. The molecule has 2 atom stereocenters. The van der Waals surface area contributed by atoms with Crippen LogP contribution in [0.15, 0.2) is 24.3 Å². The lowest BCUT2D eigenvalue weighted by Crippen LogP contribution is -2.48. The van der Waals surface area contributed by atoms with Crippen molar-refractivity contribution in [2.45, 2.75) is 39.7 Å². The normalized spacial score (nSPS) is 16.2. The minimum atomic E-state index is -1.04. The topological polar surface area (TPSA) is 102 Å². The van der Waals surface area contributed by atoms with Crippen LogP contribution in [0.4, 0.5) is 16.2 Å². The van der Waals surface area contributed by atoms with E-state index in [-0.39, 0.29) is 11.8 Å². The summed E-state index contributed by atoms with van der Waals surface area (Å²) < 4.78 is 0. The van der Waals surface area contributed by atoms with E-state index in [0.29, 0.717) is 31.6 Å². The van der Waals surface area contributed by atoms with Crippen molar-refractivity contribution in [2.24, 2.45) is 5.92 Å². The molecule has 0 bridgehead atoms. The predicted molar refractivity (Wildman–Crippen MR) is 109 cm³/mol. The van der Waals surface area contributed by atoms with Crippen molar-refractivity contribution in [3.05, 3.63) is 24.3 Å². The van der Waals surface area contributed by atoms with E-state index in [0.717, 1.165) is 18.8 Å². The number of piperazine rings is 1. The maximum atomic E-state index is 12.1. The number of rotatable bonds is 7. The summed E-state index contributed by atoms with van der Waals surface area (Å²) in [6, 6.07) is 5.94. The second-order valence-electron chi connectivity index (χ2n) is 7.07. The highest BCUT2D eigenvalue weighted by Crippen LogP contribution is 2.20. The lowest BCUT2D eigenvalue weighted by atomic mass is 9.99. The van der Waals surface area contributed by atoms with Crippen molar-refractivity contribution < 1.29 is 19.5 Å². The number of hydrogen-bond donors (Lipinski definition) is 3. The largest absolute Gasteiger partial charge is 0.480 e. The zero-order valence-electron chi connectivity index (χ0n) is 16.8. The zero-order chi connectivity index (χ0) is 20.7. The summed E-state index contributed by atoms with van der Waals surface area (Å²) in [5.41, 5.74) is 1.62. The first kappa shape index (κ1) is 21.5. The van der Waals surface area contributed by atoms with Gasteiger partial charge in [-0.15, -0.1) is 0 Å². The molecule has 1 fully saturated rings. The molecule has 1 aliphatic heterocycles. The number of hydrogen-bond acceptors (Lipinski definition) is 4. The summed E-state index contributed by atoms with van der Waals surface area (Å²) in [4.78, 5) is 39.3. The van der Waals surface area contributed by atoms with Gasteiger partial charge in [0.05, 0.1) is 0 Å². The van der Waals surface area contributed by atoms with Crippen molar-refractivity contribution in [3.63, 3.8) is 0 Å². The van der Waals surface area contributed by atoms with Gasteiger partial charge in [-0.25, -0.2) is 9.59 Å². The van der Waals surface area contributed by atoms with Crippen LogP contribution < -0.4 is 15.5 Å². The van der Waals surface area contributed by atoms with Crippen LogP contribution in [0.25, 0.3) is 0 Å².